The fourth-order valence-electron chi connectivity index (χ4n) is 5.76. The fourth-order valence-corrected chi connectivity index (χ4v) is 6.60. The molecule has 2 amide bonds. The van der Waals surface area contributed by atoms with Crippen LogP contribution in [0.2, 0.25) is 0 Å². The van der Waals surface area contributed by atoms with Crippen molar-refractivity contribution in [3.05, 3.63) is 48.0 Å². The van der Waals surface area contributed by atoms with Crippen LogP contribution >= 0.6 is 11.3 Å². The SMILES string of the molecule is CC(C)(C)c1cc(NC(=O)Nc2ccc(-c3cn4c(/C=N\C[C@H]5CC[C@H](N6CCOCC6)CC5)c(N)sc4n3)cc2)no1. The van der Waals surface area contributed by atoms with Crippen LogP contribution in [-0.2, 0) is 10.2 Å². The molecule has 1 aliphatic heterocycles. The molecule has 0 bridgehead atoms. The first-order valence-corrected chi connectivity index (χ1v) is 15.8. The number of hydrogen-bond donors (Lipinski definition) is 3. The van der Waals surface area contributed by atoms with E-state index in [9.17, 15) is 4.79 Å². The van der Waals surface area contributed by atoms with E-state index >= 15 is 0 Å². The predicted molar refractivity (Wildman–Crippen MR) is 171 cm³/mol. The summed E-state index contributed by atoms with van der Waals surface area (Å²) in [5.41, 5.74) is 9.44. The molecule has 228 valence electrons. The molecule has 0 radical (unpaired) electrons. The summed E-state index contributed by atoms with van der Waals surface area (Å²) in [5.74, 6) is 1.69. The van der Waals surface area contributed by atoms with Gasteiger partial charge in [0.05, 0.1) is 24.6 Å². The van der Waals surface area contributed by atoms with Crippen molar-refractivity contribution in [2.45, 2.75) is 57.9 Å². The summed E-state index contributed by atoms with van der Waals surface area (Å²) in [4.78, 5) is 25.5. The van der Waals surface area contributed by atoms with Gasteiger partial charge in [-0.25, -0.2) is 9.78 Å². The molecular formula is C31H40N8O3S. The zero-order valence-electron chi connectivity index (χ0n) is 25.0. The number of amides is 2. The van der Waals surface area contributed by atoms with Gasteiger partial charge in [0.1, 0.15) is 10.8 Å². The maximum atomic E-state index is 12.5. The molecule has 2 aliphatic rings. The first-order chi connectivity index (χ1) is 20.7. The van der Waals surface area contributed by atoms with Gasteiger partial charge in [-0.2, -0.15) is 0 Å². The van der Waals surface area contributed by atoms with Crippen molar-refractivity contribution in [2.24, 2.45) is 10.9 Å². The molecule has 4 aromatic rings. The summed E-state index contributed by atoms with van der Waals surface area (Å²) in [5, 5.41) is 10.2. The second-order valence-corrected chi connectivity index (χ2v) is 13.4. The molecule has 4 heterocycles. The first kappa shape index (κ1) is 29.3. The molecule has 1 aliphatic carbocycles. The monoisotopic (exact) mass is 604 g/mol. The molecule has 12 heteroatoms. The number of aliphatic imine (C=N–C) groups is 1. The van der Waals surface area contributed by atoms with Crippen LogP contribution in [0.15, 0.2) is 46.0 Å². The van der Waals surface area contributed by atoms with Crippen LogP contribution in [-0.4, -0.2) is 70.6 Å². The topological polar surface area (TPSA) is 135 Å². The maximum Gasteiger partial charge on any atom is 0.324 e. The van der Waals surface area contributed by atoms with Crippen molar-refractivity contribution in [2.75, 3.05) is 49.2 Å². The molecular weight excluding hydrogens is 564 g/mol. The number of morpholine rings is 1. The van der Waals surface area contributed by atoms with Gasteiger partial charge in [0.2, 0.25) is 0 Å². The lowest BCUT2D eigenvalue weighted by Gasteiger charge is -2.38. The highest BCUT2D eigenvalue weighted by atomic mass is 32.1. The smallest absolute Gasteiger partial charge is 0.324 e. The Kier molecular flexibility index (Phi) is 8.51. The van der Waals surface area contributed by atoms with E-state index in [1.807, 2.05) is 61.8 Å². The molecule has 1 saturated heterocycles. The number of aromatic nitrogens is 3. The third-order valence-electron chi connectivity index (χ3n) is 8.27. The van der Waals surface area contributed by atoms with E-state index in [0.717, 1.165) is 54.8 Å². The van der Waals surface area contributed by atoms with Gasteiger partial charge in [0.15, 0.2) is 10.8 Å². The molecule has 2 fully saturated rings. The van der Waals surface area contributed by atoms with E-state index in [-0.39, 0.29) is 5.41 Å². The predicted octanol–water partition coefficient (Wildman–Crippen LogP) is 5.88. The van der Waals surface area contributed by atoms with E-state index in [1.165, 1.54) is 37.0 Å². The zero-order chi connectivity index (χ0) is 30.0. The normalized spacial score (nSPS) is 20.2. The van der Waals surface area contributed by atoms with Crippen LogP contribution in [0, 0.1) is 5.92 Å². The number of nitrogen functional groups attached to an aromatic ring is 1. The number of benzene rings is 1. The highest BCUT2D eigenvalue weighted by molar-refractivity contribution is 7.21. The van der Waals surface area contributed by atoms with Crippen molar-refractivity contribution >= 4 is 45.0 Å². The summed E-state index contributed by atoms with van der Waals surface area (Å²) in [6.45, 7) is 10.7. The minimum Gasteiger partial charge on any atom is -0.389 e. The number of nitrogens with zero attached hydrogens (tertiary/aromatic N) is 5. The van der Waals surface area contributed by atoms with Crippen molar-refractivity contribution in [3.8, 4) is 11.3 Å². The molecule has 43 heavy (non-hydrogen) atoms. The number of thiazole rings is 1. The quantitative estimate of drug-likeness (QED) is 0.224. The summed E-state index contributed by atoms with van der Waals surface area (Å²) in [7, 11) is 0. The number of nitrogens with one attached hydrogen (secondary N) is 2. The number of imidazole rings is 1. The van der Waals surface area contributed by atoms with Gasteiger partial charge in [0.25, 0.3) is 0 Å². The van der Waals surface area contributed by atoms with Gasteiger partial charge in [-0.3, -0.25) is 19.6 Å². The van der Waals surface area contributed by atoms with Gasteiger partial charge in [-0.05, 0) is 43.7 Å². The number of urea groups is 1. The van der Waals surface area contributed by atoms with Gasteiger partial charge >= 0.3 is 6.03 Å². The molecule has 0 unspecified atom stereocenters. The number of hydrogen-bond acceptors (Lipinski definition) is 9. The van der Waals surface area contributed by atoms with E-state index in [2.05, 4.69) is 20.7 Å². The van der Waals surface area contributed by atoms with Crippen molar-refractivity contribution in [1.82, 2.24) is 19.4 Å². The lowest BCUT2D eigenvalue weighted by molar-refractivity contribution is 0.00528. The molecule has 4 N–H and O–H groups in total. The Bertz CT molecular complexity index is 1570. The zero-order valence-corrected chi connectivity index (χ0v) is 25.8. The molecule has 6 rings (SSSR count). The summed E-state index contributed by atoms with van der Waals surface area (Å²) >= 11 is 1.46. The average Bonchev–Trinajstić information content (AvgIpc) is 3.70. The molecule has 3 aromatic heterocycles. The van der Waals surface area contributed by atoms with Gasteiger partial charge in [-0.15, -0.1) is 0 Å². The number of carbonyl (C=O) groups is 1. The molecule has 1 saturated carbocycles. The van der Waals surface area contributed by atoms with Crippen LogP contribution in [0.25, 0.3) is 16.2 Å². The third kappa shape index (κ3) is 6.92. The van der Waals surface area contributed by atoms with Crippen LogP contribution < -0.4 is 16.4 Å². The number of carbonyl (C=O) groups excluding carboxylic acids is 1. The largest absolute Gasteiger partial charge is 0.389 e. The third-order valence-corrected chi connectivity index (χ3v) is 9.17. The lowest BCUT2D eigenvalue weighted by atomic mass is 9.85. The number of anilines is 3. The number of rotatable bonds is 7. The van der Waals surface area contributed by atoms with E-state index in [0.29, 0.717) is 34.2 Å². The van der Waals surface area contributed by atoms with Gasteiger partial charge in [0, 0.05) is 60.8 Å². The van der Waals surface area contributed by atoms with E-state index in [1.54, 1.807) is 6.07 Å². The molecule has 11 nitrogen and oxygen atoms in total. The Morgan fingerprint density at radius 1 is 1.14 bits per heavy atom. The Labute approximate surface area is 255 Å². The average molecular weight is 605 g/mol. The highest BCUT2D eigenvalue weighted by Crippen LogP contribution is 2.31. The number of fused-ring (bicyclic) bond motifs is 1. The van der Waals surface area contributed by atoms with E-state index in [4.69, 9.17) is 25.0 Å². The van der Waals surface area contributed by atoms with E-state index < -0.39 is 6.03 Å². The number of nitrogens with two attached hydrogens (primary N) is 1. The fraction of sp³-hybridized carbons (Fsp3) is 0.484. The summed E-state index contributed by atoms with van der Waals surface area (Å²) in [6, 6.07) is 9.58. The minimum absolute atomic E-state index is 0.192. The van der Waals surface area contributed by atoms with Crippen molar-refractivity contribution in [3.63, 3.8) is 0 Å². The van der Waals surface area contributed by atoms with Gasteiger partial charge in [-0.1, -0.05) is 49.4 Å². The lowest BCUT2D eigenvalue weighted by Crippen LogP contribution is -2.45. The number of ether oxygens (including phenoxy) is 1. The Hall–Kier alpha value is -3.74. The Morgan fingerprint density at radius 2 is 1.88 bits per heavy atom. The summed E-state index contributed by atoms with van der Waals surface area (Å²) in [6.07, 6.45) is 8.82. The molecule has 0 atom stereocenters. The first-order valence-electron chi connectivity index (χ1n) is 15.0. The second kappa shape index (κ2) is 12.5. The van der Waals surface area contributed by atoms with Crippen LogP contribution in [0.5, 0.6) is 0 Å². The van der Waals surface area contributed by atoms with Crippen LogP contribution in [0.3, 0.4) is 0 Å². The Morgan fingerprint density at radius 3 is 2.58 bits per heavy atom. The van der Waals surface area contributed by atoms with Crippen molar-refractivity contribution in [1.29, 1.82) is 0 Å². The molecule has 0 spiro atoms. The Balaban J connectivity index is 1.04. The highest BCUT2D eigenvalue weighted by Gasteiger charge is 2.27. The molecule has 1 aromatic carbocycles. The summed E-state index contributed by atoms with van der Waals surface area (Å²) < 4.78 is 12.9. The standard InChI is InChI=1S/C31H40N8O3S/c1-31(2,3)26-16-27(37-42-26)36-29(40)34-22-8-6-21(7-9-22)24-19-39-25(28(32)43-30(39)35-24)18-33-17-20-4-10-23(11-5-20)38-12-14-41-15-13-38/h6-9,16,18-20,23H,4-5,10-15,17,32H2,1-3H3,(H2,34,36,37,40)/b33-18-/t20-,23-. The second-order valence-electron chi connectivity index (χ2n) is 12.4. The van der Waals surface area contributed by atoms with Crippen LogP contribution in [0.4, 0.5) is 21.3 Å². The minimum atomic E-state index is -0.395. The maximum absolute atomic E-state index is 12.5. The van der Waals surface area contributed by atoms with Crippen molar-refractivity contribution < 1.29 is 14.1 Å². The van der Waals surface area contributed by atoms with Crippen LogP contribution in [0.1, 0.15) is 57.9 Å². The van der Waals surface area contributed by atoms with Gasteiger partial charge < -0.3 is 20.3 Å².